The van der Waals surface area contributed by atoms with Gasteiger partial charge in [0.25, 0.3) is 11.5 Å². The number of nitro groups is 1. The van der Waals surface area contributed by atoms with Crippen LogP contribution in [0, 0.1) is 10.1 Å². The standard InChI is InChI=1S/C11H14N2O7/c12-9(16)10(17,7-4-2-1-3-5-7)11(18,13(19)20)8(15)6-14/h1-5,8,14-15,17-18H,6H2,(H2,12,16)/t8-,10+,11-/m1/s1. The normalized spacial score (nSPS) is 18.6. The number of nitrogens with two attached hydrogens (primary N) is 1. The lowest BCUT2D eigenvalue weighted by Crippen LogP contribution is -2.69. The highest BCUT2D eigenvalue weighted by Gasteiger charge is 2.69. The Kier molecular flexibility index (Phi) is 4.40. The Morgan fingerprint density at radius 2 is 1.85 bits per heavy atom. The SMILES string of the molecule is NC(=O)[C@@](O)(c1ccccc1)[C@](O)([C@H](O)CO)[N+](=O)[O-]. The molecule has 0 spiro atoms. The summed E-state index contributed by atoms with van der Waals surface area (Å²) in [7, 11) is 0. The molecule has 0 bridgehead atoms. The molecule has 9 nitrogen and oxygen atoms in total. The molecule has 0 aromatic heterocycles. The van der Waals surface area contributed by atoms with Gasteiger partial charge in [-0.25, -0.2) is 0 Å². The van der Waals surface area contributed by atoms with Crippen molar-refractivity contribution < 1.29 is 30.1 Å². The molecule has 3 atom stereocenters. The van der Waals surface area contributed by atoms with E-state index in [9.17, 15) is 30.2 Å². The molecule has 1 aromatic rings. The van der Waals surface area contributed by atoms with Crippen LogP contribution in [0.5, 0.6) is 0 Å². The molecule has 0 aliphatic carbocycles. The van der Waals surface area contributed by atoms with E-state index in [4.69, 9.17) is 10.8 Å². The highest BCUT2D eigenvalue weighted by atomic mass is 16.7. The zero-order chi connectivity index (χ0) is 15.6. The Labute approximate surface area is 113 Å². The van der Waals surface area contributed by atoms with Gasteiger partial charge in [-0.15, -0.1) is 0 Å². The van der Waals surface area contributed by atoms with Crippen molar-refractivity contribution in [1.29, 1.82) is 0 Å². The van der Waals surface area contributed by atoms with Crippen LogP contribution in [0.15, 0.2) is 30.3 Å². The number of benzene rings is 1. The van der Waals surface area contributed by atoms with E-state index in [1.807, 2.05) is 0 Å². The summed E-state index contributed by atoms with van der Waals surface area (Å²) in [5.41, 5.74) is -2.24. The number of hydrogen-bond acceptors (Lipinski definition) is 7. The zero-order valence-electron chi connectivity index (χ0n) is 10.2. The minimum atomic E-state index is -3.60. The maximum Gasteiger partial charge on any atom is 0.392 e. The molecular formula is C11H14N2O7. The highest BCUT2D eigenvalue weighted by molar-refractivity contribution is 5.86. The van der Waals surface area contributed by atoms with Crippen molar-refractivity contribution in [3.05, 3.63) is 46.0 Å². The first-order valence-corrected chi connectivity index (χ1v) is 5.46. The lowest BCUT2D eigenvalue weighted by Gasteiger charge is -2.36. The molecule has 0 saturated heterocycles. The van der Waals surface area contributed by atoms with Crippen molar-refractivity contribution in [3.63, 3.8) is 0 Å². The summed E-state index contributed by atoms with van der Waals surface area (Å²) >= 11 is 0. The van der Waals surface area contributed by atoms with Crippen LogP contribution in [0.4, 0.5) is 0 Å². The van der Waals surface area contributed by atoms with Gasteiger partial charge in [-0.2, -0.15) is 0 Å². The summed E-state index contributed by atoms with van der Waals surface area (Å²) < 4.78 is 0. The molecule has 0 saturated carbocycles. The third-order valence-corrected chi connectivity index (χ3v) is 3.00. The van der Waals surface area contributed by atoms with E-state index in [-0.39, 0.29) is 5.56 Å². The van der Waals surface area contributed by atoms with Crippen LogP contribution in [0.2, 0.25) is 0 Å². The Hall–Kier alpha value is -2.07. The number of amides is 1. The number of hydrogen-bond donors (Lipinski definition) is 5. The third kappa shape index (κ3) is 2.12. The molecule has 0 heterocycles. The number of aliphatic hydroxyl groups is 4. The number of nitrogens with zero attached hydrogens (tertiary/aromatic N) is 1. The van der Waals surface area contributed by atoms with Crippen molar-refractivity contribution in [3.8, 4) is 0 Å². The number of aliphatic hydroxyl groups excluding tert-OH is 2. The van der Waals surface area contributed by atoms with Gasteiger partial charge < -0.3 is 26.2 Å². The Morgan fingerprint density at radius 3 is 2.20 bits per heavy atom. The maximum atomic E-state index is 11.5. The fourth-order valence-corrected chi connectivity index (χ4v) is 1.84. The van der Waals surface area contributed by atoms with E-state index >= 15 is 0 Å². The van der Waals surface area contributed by atoms with Gasteiger partial charge in [0.05, 0.1) is 11.5 Å². The van der Waals surface area contributed by atoms with Crippen molar-refractivity contribution >= 4 is 5.91 Å². The lowest BCUT2D eigenvalue weighted by atomic mass is 9.79. The molecule has 0 unspecified atom stereocenters. The number of primary amides is 1. The van der Waals surface area contributed by atoms with Gasteiger partial charge in [-0.05, 0) is 0 Å². The topological polar surface area (TPSA) is 167 Å². The molecule has 6 N–H and O–H groups in total. The minimum absolute atomic E-state index is 0.390. The first-order valence-electron chi connectivity index (χ1n) is 5.46. The summed E-state index contributed by atoms with van der Waals surface area (Å²) in [4.78, 5) is 21.1. The van der Waals surface area contributed by atoms with Gasteiger partial charge in [0.15, 0.2) is 6.10 Å². The number of rotatable bonds is 6. The van der Waals surface area contributed by atoms with Crippen LogP contribution in [0.25, 0.3) is 0 Å². The van der Waals surface area contributed by atoms with Gasteiger partial charge in [-0.1, -0.05) is 30.3 Å². The van der Waals surface area contributed by atoms with Crippen LogP contribution in [-0.4, -0.2) is 49.7 Å². The predicted octanol–water partition coefficient (Wildman–Crippen LogP) is -2.32. The Balaban J connectivity index is 3.60. The van der Waals surface area contributed by atoms with Crippen molar-refractivity contribution in [2.24, 2.45) is 5.73 Å². The van der Waals surface area contributed by atoms with Crippen LogP contribution in [0.1, 0.15) is 5.56 Å². The predicted molar refractivity (Wildman–Crippen MR) is 64.6 cm³/mol. The van der Waals surface area contributed by atoms with Crippen LogP contribution in [0.3, 0.4) is 0 Å². The molecule has 0 aliphatic rings. The molecule has 0 aliphatic heterocycles. The number of carbonyl (C=O) groups is 1. The molecule has 1 rings (SSSR count). The molecule has 1 amide bonds. The lowest BCUT2D eigenvalue weighted by molar-refractivity contribution is -0.661. The van der Waals surface area contributed by atoms with Crippen LogP contribution >= 0.6 is 0 Å². The van der Waals surface area contributed by atoms with Crippen LogP contribution in [-0.2, 0) is 10.4 Å². The monoisotopic (exact) mass is 286 g/mol. The summed E-state index contributed by atoms with van der Waals surface area (Å²) in [5.74, 6) is -1.64. The quantitative estimate of drug-likeness (QED) is 0.222. The summed E-state index contributed by atoms with van der Waals surface area (Å²) in [6.45, 7) is -1.26. The molecule has 0 radical (unpaired) electrons. The van der Waals surface area contributed by atoms with E-state index in [1.54, 1.807) is 0 Å². The summed E-state index contributed by atoms with van der Waals surface area (Å²) in [6.07, 6.45) is -2.43. The van der Waals surface area contributed by atoms with E-state index < -0.39 is 34.9 Å². The first-order chi connectivity index (χ1) is 9.22. The van der Waals surface area contributed by atoms with Gasteiger partial charge in [0.1, 0.15) is 0 Å². The smallest absolute Gasteiger partial charge is 0.392 e. The van der Waals surface area contributed by atoms with E-state index in [0.29, 0.717) is 0 Å². The fraction of sp³-hybridized carbons (Fsp3) is 0.364. The van der Waals surface area contributed by atoms with Gasteiger partial charge in [0, 0.05) is 5.56 Å². The Morgan fingerprint density at radius 1 is 1.35 bits per heavy atom. The first kappa shape index (κ1) is 16.0. The summed E-state index contributed by atoms with van der Waals surface area (Å²) in [5, 5.41) is 49.7. The molecular weight excluding hydrogens is 272 g/mol. The second kappa shape index (κ2) is 5.51. The molecule has 20 heavy (non-hydrogen) atoms. The van der Waals surface area contributed by atoms with Crippen molar-refractivity contribution in [1.82, 2.24) is 0 Å². The minimum Gasteiger partial charge on any atom is -0.393 e. The molecule has 1 aromatic carbocycles. The number of carbonyl (C=O) groups excluding carboxylic acids is 1. The Bertz CT molecular complexity index is 509. The second-order valence-electron chi connectivity index (χ2n) is 4.12. The average Bonchev–Trinajstić information content (AvgIpc) is 2.44. The average molecular weight is 286 g/mol. The zero-order valence-corrected chi connectivity index (χ0v) is 10.2. The maximum absolute atomic E-state index is 11.5. The van der Waals surface area contributed by atoms with E-state index in [1.165, 1.54) is 18.2 Å². The van der Waals surface area contributed by atoms with E-state index in [2.05, 4.69) is 0 Å². The second-order valence-corrected chi connectivity index (χ2v) is 4.12. The van der Waals surface area contributed by atoms with E-state index in [0.717, 1.165) is 12.1 Å². The van der Waals surface area contributed by atoms with Crippen molar-refractivity contribution in [2.75, 3.05) is 6.61 Å². The van der Waals surface area contributed by atoms with Gasteiger partial charge >= 0.3 is 5.72 Å². The molecule has 9 heteroatoms. The molecule has 110 valence electrons. The molecule has 0 fully saturated rings. The van der Waals surface area contributed by atoms with Crippen molar-refractivity contribution in [2.45, 2.75) is 17.4 Å². The van der Waals surface area contributed by atoms with Crippen LogP contribution < -0.4 is 5.73 Å². The van der Waals surface area contributed by atoms with Gasteiger partial charge in [-0.3, -0.25) is 14.9 Å². The van der Waals surface area contributed by atoms with Gasteiger partial charge in [0.2, 0.25) is 0 Å². The largest absolute Gasteiger partial charge is 0.393 e. The third-order valence-electron chi connectivity index (χ3n) is 3.00. The fourth-order valence-electron chi connectivity index (χ4n) is 1.84. The summed E-state index contributed by atoms with van der Waals surface area (Å²) in [6, 6.07) is 6.41. The highest BCUT2D eigenvalue weighted by Crippen LogP contribution is 2.36.